The molecule has 3 aromatic rings. The fourth-order valence-corrected chi connectivity index (χ4v) is 5.56. The van der Waals surface area contributed by atoms with E-state index in [9.17, 15) is 9.90 Å². The summed E-state index contributed by atoms with van der Waals surface area (Å²) in [4.78, 5) is 25.1. The summed E-state index contributed by atoms with van der Waals surface area (Å²) in [6.07, 6.45) is 4.99. The fourth-order valence-electron chi connectivity index (χ4n) is 5.56. The molecule has 168 valence electrons. The van der Waals surface area contributed by atoms with E-state index in [0.29, 0.717) is 13.0 Å². The van der Waals surface area contributed by atoms with Crippen molar-refractivity contribution in [1.82, 2.24) is 19.8 Å². The molecule has 2 aliphatic heterocycles. The summed E-state index contributed by atoms with van der Waals surface area (Å²) in [5.74, 6) is 0.898. The van der Waals surface area contributed by atoms with E-state index >= 15 is 0 Å². The summed E-state index contributed by atoms with van der Waals surface area (Å²) in [5, 5.41) is 11.5. The van der Waals surface area contributed by atoms with Crippen molar-refractivity contribution < 1.29 is 14.6 Å². The number of nitrogens with zero attached hydrogens (tertiary/aromatic N) is 3. The van der Waals surface area contributed by atoms with Crippen LogP contribution in [-0.2, 0) is 16.8 Å². The Morgan fingerprint density at radius 3 is 2.84 bits per heavy atom. The average Bonchev–Trinajstić information content (AvgIpc) is 3.17. The van der Waals surface area contributed by atoms with Crippen molar-refractivity contribution in [2.75, 3.05) is 33.4 Å². The van der Waals surface area contributed by atoms with Crippen LogP contribution in [0.2, 0.25) is 0 Å². The minimum Gasteiger partial charge on any atom is -0.497 e. The van der Waals surface area contributed by atoms with Gasteiger partial charge in [0.05, 0.1) is 19.8 Å². The molecule has 2 aromatic heterocycles. The largest absolute Gasteiger partial charge is 0.497 e. The zero-order chi connectivity index (χ0) is 22.3. The molecular weight excluding hydrogens is 404 g/mol. The molecule has 5 rings (SSSR count). The Bertz CT molecular complexity index is 1120. The summed E-state index contributed by atoms with van der Waals surface area (Å²) in [6, 6.07) is 9.81. The van der Waals surface area contributed by atoms with E-state index in [1.165, 1.54) is 11.1 Å². The molecule has 1 amide bonds. The van der Waals surface area contributed by atoms with Crippen molar-refractivity contribution in [3.8, 4) is 5.75 Å². The van der Waals surface area contributed by atoms with E-state index in [2.05, 4.69) is 27.0 Å². The third-order valence-electron chi connectivity index (χ3n) is 6.89. The first-order valence-corrected chi connectivity index (χ1v) is 11.3. The molecule has 4 heterocycles. The van der Waals surface area contributed by atoms with E-state index in [1.807, 2.05) is 36.2 Å². The molecule has 0 unspecified atom stereocenters. The van der Waals surface area contributed by atoms with Crippen LogP contribution < -0.4 is 4.74 Å². The van der Waals surface area contributed by atoms with Crippen molar-refractivity contribution in [1.29, 1.82) is 0 Å². The number of aromatic nitrogens is 2. The number of rotatable bonds is 6. The Morgan fingerprint density at radius 1 is 1.31 bits per heavy atom. The summed E-state index contributed by atoms with van der Waals surface area (Å²) in [7, 11) is 1.66. The molecule has 1 saturated heterocycles. The number of H-pyrrole nitrogens is 1. The van der Waals surface area contributed by atoms with Crippen molar-refractivity contribution in [3.63, 3.8) is 0 Å². The van der Waals surface area contributed by atoms with Gasteiger partial charge in [-0.05, 0) is 35.7 Å². The number of carbonyl (C=O) groups excluding carboxylic acids is 1. The number of pyridine rings is 1. The second kappa shape index (κ2) is 8.22. The Morgan fingerprint density at radius 2 is 2.16 bits per heavy atom. The molecule has 1 spiro atoms. The molecule has 0 aliphatic carbocycles. The lowest BCUT2D eigenvalue weighted by Crippen LogP contribution is -2.66. The van der Waals surface area contributed by atoms with Crippen LogP contribution in [0.4, 0.5) is 0 Å². The number of methoxy groups -OCH3 is 1. The van der Waals surface area contributed by atoms with Gasteiger partial charge in [0.25, 0.3) is 0 Å². The highest BCUT2D eigenvalue weighted by molar-refractivity contribution is 5.89. The number of aliphatic hydroxyl groups is 1. The number of amides is 1. The van der Waals surface area contributed by atoms with Crippen molar-refractivity contribution in [3.05, 3.63) is 59.5 Å². The number of fused-ring (bicyclic) bond motifs is 4. The number of carbonyl (C=O) groups is 1. The van der Waals surface area contributed by atoms with Gasteiger partial charge < -0.3 is 19.7 Å². The lowest BCUT2D eigenvalue weighted by molar-refractivity contribution is -0.139. The smallest absolute Gasteiger partial charge is 0.223 e. The van der Waals surface area contributed by atoms with Gasteiger partial charge in [0.15, 0.2) is 0 Å². The molecule has 7 nitrogen and oxygen atoms in total. The van der Waals surface area contributed by atoms with Gasteiger partial charge in [-0.1, -0.05) is 13.0 Å². The molecule has 7 heteroatoms. The highest BCUT2D eigenvalue weighted by atomic mass is 16.5. The molecule has 1 fully saturated rings. The second-order valence-corrected chi connectivity index (χ2v) is 9.08. The maximum absolute atomic E-state index is 13.1. The summed E-state index contributed by atoms with van der Waals surface area (Å²) < 4.78 is 5.43. The molecule has 2 N–H and O–H groups in total. The van der Waals surface area contributed by atoms with Crippen LogP contribution in [0.5, 0.6) is 5.75 Å². The van der Waals surface area contributed by atoms with Crippen LogP contribution in [0.25, 0.3) is 10.9 Å². The van der Waals surface area contributed by atoms with Gasteiger partial charge in [-0.2, -0.15) is 0 Å². The average molecular weight is 435 g/mol. The molecule has 32 heavy (non-hydrogen) atoms. The zero-order valence-corrected chi connectivity index (χ0v) is 18.7. The number of aromatic amines is 1. The Labute approximate surface area is 188 Å². The monoisotopic (exact) mass is 434 g/mol. The van der Waals surface area contributed by atoms with Gasteiger partial charge in [-0.15, -0.1) is 0 Å². The third-order valence-corrected chi connectivity index (χ3v) is 6.89. The standard InChI is InChI=1S/C25H30N4O3/c1-3-5-22(31)29-16-25(14-28(15-25)12-17-6-4-9-26-11-17)23-19-8-7-18(32-2)10-20(19)27-24(23)21(29)13-30/h4,6-11,21,27,30H,3,5,12-16H2,1-2H3/t21-/m1/s1. The lowest BCUT2D eigenvalue weighted by Gasteiger charge is -2.56. The summed E-state index contributed by atoms with van der Waals surface area (Å²) >= 11 is 0. The van der Waals surface area contributed by atoms with E-state index < -0.39 is 0 Å². The lowest BCUT2D eigenvalue weighted by atomic mass is 9.68. The minimum absolute atomic E-state index is 0.0953. The van der Waals surface area contributed by atoms with E-state index in [1.54, 1.807) is 13.3 Å². The van der Waals surface area contributed by atoms with Gasteiger partial charge >= 0.3 is 0 Å². The van der Waals surface area contributed by atoms with E-state index in [4.69, 9.17) is 4.74 Å². The highest BCUT2D eigenvalue weighted by Gasteiger charge is 2.53. The van der Waals surface area contributed by atoms with Crippen LogP contribution in [-0.4, -0.2) is 64.1 Å². The van der Waals surface area contributed by atoms with Crippen molar-refractivity contribution in [2.45, 2.75) is 37.8 Å². The third kappa shape index (κ3) is 3.36. The van der Waals surface area contributed by atoms with Gasteiger partial charge in [0, 0.05) is 73.1 Å². The fraction of sp³-hybridized carbons (Fsp3) is 0.440. The maximum atomic E-state index is 13.1. The number of aliphatic hydroxyl groups excluding tert-OH is 1. The number of hydrogen-bond acceptors (Lipinski definition) is 5. The van der Waals surface area contributed by atoms with E-state index in [0.717, 1.165) is 48.4 Å². The first-order chi connectivity index (χ1) is 15.6. The molecule has 1 atom stereocenters. The van der Waals surface area contributed by atoms with Gasteiger partial charge in [-0.25, -0.2) is 0 Å². The van der Waals surface area contributed by atoms with Crippen molar-refractivity contribution >= 4 is 16.8 Å². The van der Waals surface area contributed by atoms with Gasteiger partial charge in [0.2, 0.25) is 5.91 Å². The van der Waals surface area contributed by atoms with Crippen LogP contribution >= 0.6 is 0 Å². The van der Waals surface area contributed by atoms with Gasteiger partial charge in [-0.3, -0.25) is 14.7 Å². The minimum atomic E-state index is -0.347. The van der Waals surface area contributed by atoms with Gasteiger partial charge in [0.1, 0.15) is 5.75 Å². The molecule has 1 aromatic carbocycles. The topological polar surface area (TPSA) is 81.7 Å². The number of likely N-dealkylation sites (tertiary alicyclic amines) is 1. The predicted octanol–water partition coefficient (Wildman–Crippen LogP) is 3.00. The Kier molecular flexibility index (Phi) is 5.39. The summed E-state index contributed by atoms with van der Waals surface area (Å²) in [5.41, 5.74) is 4.24. The Hall–Kier alpha value is -2.90. The number of hydrogen-bond donors (Lipinski definition) is 2. The number of ether oxygens (including phenoxy) is 1. The zero-order valence-electron chi connectivity index (χ0n) is 18.7. The normalized spacial score (nSPS) is 19.7. The molecule has 0 saturated carbocycles. The quantitative estimate of drug-likeness (QED) is 0.623. The molecule has 2 aliphatic rings. The summed E-state index contributed by atoms with van der Waals surface area (Å²) in [6.45, 7) is 5.12. The van der Waals surface area contributed by atoms with Crippen LogP contribution in [0.15, 0.2) is 42.7 Å². The Balaban J connectivity index is 1.55. The first-order valence-electron chi connectivity index (χ1n) is 11.3. The maximum Gasteiger partial charge on any atom is 0.223 e. The molecular formula is C25H30N4O3. The first kappa shape index (κ1) is 21.0. The highest BCUT2D eigenvalue weighted by Crippen LogP contribution is 2.49. The van der Waals surface area contributed by atoms with Crippen LogP contribution in [0.3, 0.4) is 0 Å². The predicted molar refractivity (Wildman–Crippen MR) is 122 cm³/mol. The number of benzene rings is 1. The van der Waals surface area contributed by atoms with Crippen LogP contribution in [0.1, 0.15) is 42.6 Å². The SMILES string of the molecule is CCCC(=O)N1CC2(CN(Cc3cccnc3)C2)c2c([nH]c3cc(OC)ccc23)[C@H]1CO. The number of nitrogens with one attached hydrogen (secondary N) is 1. The molecule has 0 bridgehead atoms. The van der Waals surface area contributed by atoms with E-state index in [-0.39, 0.29) is 24.0 Å². The van der Waals surface area contributed by atoms with Crippen molar-refractivity contribution in [2.24, 2.45) is 0 Å². The van der Waals surface area contributed by atoms with Crippen LogP contribution in [0, 0.1) is 0 Å². The second-order valence-electron chi connectivity index (χ2n) is 9.08. The molecule has 0 radical (unpaired) electrons.